The monoisotopic (exact) mass is 1860 g/mol. The molecule has 143 heavy (non-hydrogen) atoms. The van der Waals surface area contributed by atoms with Crippen molar-refractivity contribution in [2.75, 3.05) is 19.6 Å². The maximum Gasteiger partial charge on any atom is 0.137 e. The fraction of sp³-hybridized carbons (Fsp3) is 0.0746. The summed E-state index contributed by atoms with van der Waals surface area (Å²) in [4.78, 5) is 9.39. The number of furan rings is 4. The van der Waals surface area contributed by atoms with Crippen LogP contribution < -0.4 is 24.8 Å². The zero-order valence-corrected chi connectivity index (χ0v) is 82.3. The maximum absolute atomic E-state index is 6.29. The smallest absolute Gasteiger partial charge is 0.137 e. The Morgan fingerprint density at radius 3 is 1.06 bits per heavy atom. The largest absolute Gasteiger partial charge is 0.456 e. The molecule has 1 aliphatic rings. The molecule has 0 radical (unpaired) electrons. The lowest BCUT2D eigenvalue weighted by Gasteiger charge is -2.28. The molecule has 4 heterocycles. The summed E-state index contributed by atoms with van der Waals surface area (Å²) >= 11 is 0. The number of fused-ring (bicyclic) bond motifs is 16. The molecular weight excluding hydrogens is 1760 g/mol. The molecule has 1 aliphatic carbocycles. The Kier molecular flexibility index (Phi) is 23.6. The summed E-state index contributed by atoms with van der Waals surface area (Å²) in [5.74, 6) is 0. The van der Waals surface area contributed by atoms with Crippen molar-refractivity contribution in [2.24, 2.45) is 0 Å². The van der Waals surface area contributed by atoms with Gasteiger partial charge in [0.15, 0.2) is 0 Å². The summed E-state index contributed by atoms with van der Waals surface area (Å²) in [5.41, 5.74) is 34.8. The second-order valence-electron chi connectivity index (χ2n) is 39.4. The number of nitrogens with zero attached hydrogens (tertiary/aromatic N) is 4. The number of para-hydroxylation sites is 7. The van der Waals surface area contributed by atoms with Crippen LogP contribution in [0.1, 0.15) is 51.3 Å². The molecule has 0 N–H and O–H groups in total. The molecule has 690 valence electrons. The highest BCUT2D eigenvalue weighted by molar-refractivity contribution is 6.88. The molecule has 0 saturated heterocycles. The molecule has 0 atom stereocenters. The first-order chi connectivity index (χ1) is 69.9. The van der Waals surface area contributed by atoms with Crippen molar-refractivity contribution in [2.45, 2.75) is 65.1 Å². The molecule has 0 bridgehead atoms. The van der Waals surface area contributed by atoms with E-state index in [1.54, 1.807) is 0 Å². The van der Waals surface area contributed by atoms with Gasteiger partial charge in [-0.1, -0.05) is 381 Å². The Labute approximate surface area is 835 Å². The summed E-state index contributed by atoms with van der Waals surface area (Å²) in [7, 11) is -1.35. The zero-order valence-electron chi connectivity index (χ0n) is 81.3. The standard InChI is InChI=1S/C40H27NO.C39H29NO.C28H25NO.C27H25NOSi/c1-2-10-28(11-3-1)29-20-22-30(23-21-29)31-24-26-33(27-25-31)41(36-16-8-13-32-12-4-5-14-34(32)36)37-17-9-19-39-40(37)35-15-6-7-18-38(35)42-39;1-39(2)35-17-8-6-15-31(35)32-21-20-30(25-36(32)39)40(28-12-4-3-5-13-28)29-14-10-11-26(23-29)27-19-22-38-34(24-27)33-16-7-9-18-37(33)41-38;1-28(2,3)20-16-18-22(19-17-20)29(21-10-5-4-6-11-21)24-13-9-15-26-27(24)23-12-7-8-14-25(23)30-26;1-30(2,3)22-18-16-21(17-19-22)28(20-10-5-4-6-11-20)24-13-9-15-26-27(24)23-12-7-8-14-25(23)29-26/h1-27H;3-25H,1-2H3;2*4-19H,1-3H3. The second kappa shape index (κ2) is 37.7. The van der Waals surface area contributed by atoms with Crippen LogP contribution in [0.3, 0.4) is 0 Å². The average Bonchev–Trinajstić information content (AvgIpc) is 1.57. The Morgan fingerprint density at radius 1 is 0.210 bits per heavy atom. The highest BCUT2D eigenvalue weighted by Gasteiger charge is 2.36. The van der Waals surface area contributed by atoms with Crippen LogP contribution in [0.5, 0.6) is 0 Å². The Hall–Kier alpha value is -17.5. The number of benzene rings is 21. The zero-order chi connectivity index (χ0) is 96.9. The van der Waals surface area contributed by atoms with Crippen molar-refractivity contribution < 1.29 is 17.7 Å². The SMILES string of the molecule is CC(C)(C)c1ccc(N(c2ccccc2)c2cccc3oc4ccccc4c23)cc1.CC1(C)c2ccccc2-c2ccc(N(c3ccccc3)c3cccc(-c4ccc5oc6ccccc6c5c4)c3)cc21.C[Si](C)(C)c1ccc(N(c2ccccc2)c2cccc3oc4ccccc4c23)cc1.c1ccc(-c2ccc(-c3ccc(N(c4cccc5ccccc45)c4cccc5oc6ccccc6c45)cc3)cc2)cc1. The first-order valence-corrected chi connectivity index (χ1v) is 52.7. The van der Waals surface area contributed by atoms with Crippen molar-refractivity contribution in [3.63, 3.8) is 0 Å². The summed E-state index contributed by atoms with van der Waals surface area (Å²) < 4.78 is 24.7. The molecule has 0 spiro atoms. The molecule has 26 rings (SSSR count). The third kappa shape index (κ3) is 17.3. The highest BCUT2D eigenvalue weighted by atomic mass is 28.3. The van der Waals surface area contributed by atoms with E-state index in [0.717, 1.165) is 156 Å². The molecule has 0 unspecified atom stereocenters. The van der Waals surface area contributed by atoms with Gasteiger partial charge in [0, 0.05) is 83.2 Å². The summed E-state index contributed by atoms with van der Waals surface area (Å²) in [6.07, 6.45) is 0. The fourth-order valence-electron chi connectivity index (χ4n) is 20.7. The van der Waals surface area contributed by atoms with Gasteiger partial charge >= 0.3 is 0 Å². The van der Waals surface area contributed by atoms with Crippen LogP contribution in [0.15, 0.2) is 515 Å². The minimum absolute atomic E-state index is 0.0606. The summed E-state index contributed by atoms with van der Waals surface area (Å²) in [6, 6.07) is 176. The van der Waals surface area contributed by atoms with Crippen LogP contribution in [0.4, 0.5) is 68.2 Å². The van der Waals surface area contributed by atoms with Crippen LogP contribution in [0.25, 0.3) is 143 Å². The maximum atomic E-state index is 6.29. The molecule has 8 nitrogen and oxygen atoms in total. The van der Waals surface area contributed by atoms with E-state index in [0.29, 0.717) is 0 Å². The van der Waals surface area contributed by atoms with E-state index < -0.39 is 8.07 Å². The minimum atomic E-state index is -1.35. The van der Waals surface area contributed by atoms with Gasteiger partial charge in [0.2, 0.25) is 0 Å². The fourth-order valence-corrected chi connectivity index (χ4v) is 21.9. The van der Waals surface area contributed by atoms with Crippen molar-refractivity contribution in [1.82, 2.24) is 0 Å². The number of rotatable bonds is 16. The van der Waals surface area contributed by atoms with Crippen molar-refractivity contribution in [1.29, 1.82) is 0 Å². The highest BCUT2D eigenvalue weighted by Crippen LogP contribution is 2.53. The molecule has 0 aliphatic heterocycles. The van der Waals surface area contributed by atoms with Gasteiger partial charge in [0.05, 0.1) is 47.0 Å². The Bertz CT molecular complexity index is 8730. The predicted molar refractivity (Wildman–Crippen MR) is 607 cm³/mol. The number of hydrogen-bond donors (Lipinski definition) is 0. The third-order valence-electron chi connectivity index (χ3n) is 28.0. The van der Waals surface area contributed by atoms with Gasteiger partial charge in [-0.3, -0.25) is 0 Å². The molecule has 0 saturated carbocycles. The van der Waals surface area contributed by atoms with E-state index >= 15 is 0 Å². The van der Waals surface area contributed by atoms with Crippen LogP contribution in [-0.4, -0.2) is 8.07 Å². The van der Waals surface area contributed by atoms with E-state index in [4.69, 9.17) is 17.7 Å². The molecule has 21 aromatic carbocycles. The van der Waals surface area contributed by atoms with E-state index in [1.807, 2.05) is 54.6 Å². The van der Waals surface area contributed by atoms with Crippen LogP contribution >= 0.6 is 0 Å². The first kappa shape index (κ1) is 89.4. The van der Waals surface area contributed by atoms with E-state index in [2.05, 4.69) is 517 Å². The van der Waals surface area contributed by atoms with Crippen molar-refractivity contribution in [3.05, 3.63) is 514 Å². The molecule has 4 aromatic heterocycles. The quantitative estimate of drug-likeness (QED) is 0.0887. The van der Waals surface area contributed by atoms with Gasteiger partial charge in [-0.2, -0.15) is 0 Å². The van der Waals surface area contributed by atoms with Gasteiger partial charge in [0.1, 0.15) is 44.7 Å². The predicted octanol–water partition coefficient (Wildman–Crippen LogP) is 38.5. The third-order valence-corrected chi connectivity index (χ3v) is 30.1. The van der Waals surface area contributed by atoms with Gasteiger partial charge in [-0.25, -0.2) is 0 Å². The summed E-state index contributed by atoms with van der Waals surface area (Å²) in [5, 5.41) is 12.9. The summed E-state index contributed by atoms with van der Waals surface area (Å²) in [6.45, 7) is 18.6. The molecular formula is C134H106N4O4Si. The normalized spacial score (nSPS) is 12.1. The van der Waals surface area contributed by atoms with Gasteiger partial charge < -0.3 is 37.3 Å². The average molecular weight is 1860 g/mol. The van der Waals surface area contributed by atoms with E-state index in [-0.39, 0.29) is 10.8 Å². The molecule has 0 fully saturated rings. The van der Waals surface area contributed by atoms with Crippen LogP contribution in [0.2, 0.25) is 19.6 Å². The lowest BCUT2D eigenvalue weighted by Crippen LogP contribution is -2.37. The van der Waals surface area contributed by atoms with Crippen LogP contribution in [-0.2, 0) is 10.8 Å². The van der Waals surface area contributed by atoms with E-state index in [9.17, 15) is 0 Å². The van der Waals surface area contributed by atoms with Gasteiger partial charge in [0.25, 0.3) is 0 Å². The lowest BCUT2D eigenvalue weighted by molar-refractivity contribution is 0.590. The van der Waals surface area contributed by atoms with Gasteiger partial charge in [-0.05, 0) is 248 Å². The Morgan fingerprint density at radius 2 is 0.531 bits per heavy atom. The van der Waals surface area contributed by atoms with Crippen LogP contribution in [0, 0.1) is 0 Å². The Balaban J connectivity index is 0.000000107. The first-order valence-electron chi connectivity index (χ1n) is 49.2. The second-order valence-corrected chi connectivity index (χ2v) is 44.5. The van der Waals surface area contributed by atoms with Gasteiger partial charge in [-0.15, -0.1) is 0 Å². The molecule has 0 amide bonds. The topological polar surface area (TPSA) is 65.5 Å². The molecule has 25 aromatic rings. The lowest BCUT2D eigenvalue weighted by atomic mass is 9.82. The number of hydrogen-bond acceptors (Lipinski definition) is 8. The molecule has 9 heteroatoms. The van der Waals surface area contributed by atoms with Crippen molar-refractivity contribution in [3.8, 4) is 44.5 Å². The number of anilines is 12. The van der Waals surface area contributed by atoms with E-state index in [1.165, 1.54) is 77.2 Å². The minimum Gasteiger partial charge on any atom is -0.456 e. The van der Waals surface area contributed by atoms with Crippen molar-refractivity contribution >= 4 is 180 Å².